The number of nitrogens with one attached hydrogen (secondary N) is 1. The van der Waals surface area contributed by atoms with E-state index in [0.717, 1.165) is 66.9 Å². The smallest absolute Gasteiger partial charge is 0.267 e. The van der Waals surface area contributed by atoms with Gasteiger partial charge in [-0.2, -0.15) is 0 Å². The number of rotatable bonds is 9. The number of ether oxygens (including phenoxy) is 1. The van der Waals surface area contributed by atoms with E-state index in [1.807, 2.05) is 18.2 Å². The number of carbonyl (C=O) groups is 1. The second kappa shape index (κ2) is 11.5. The zero-order chi connectivity index (χ0) is 24.7. The molecule has 184 valence electrons. The summed E-state index contributed by atoms with van der Waals surface area (Å²) < 4.78 is 32.8. The maximum Gasteiger partial charge on any atom is 0.267 e. The van der Waals surface area contributed by atoms with Gasteiger partial charge in [0.25, 0.3) is 15.9 Å². The van der Waals surface area contributed by atoms with Crippen molar-refractivity contribution in [2.75, 3.05) is 32.8 Å². The topological polar surface area (TPSA) is 101 Å². The number of aromatic nitrogens is 1. The van der Waals surface area contributed by atoms with Gasteiger partial charge in [0.05, 0.1) is 18.1 Å². The average molecular weight is 496 g/mol. The van der Waals surface area contributed by atoms with Gasteiger partial charge in [0.1, 0.15) is 0 Å². The Kier molecular flexibility index (Phi) is 8.14. The molecule has 35 heavy (non-hydrogen) atoms. The largest absolute Gasteiger partial charge is 0.379 e. The summed E-state index contributed by atoms with van der Waals surface area (Å²) in [6, 6.07) is 16.7. The van der Waals surface area contributed by atoms with Gasteiger partial charge in [-0.25, -0.2) is 17.9 Å². The molecule has 8 nitrogen and oxygen atoms in total. The number of morpholine rings is 1. The molecule has 2 heterocycles. The maximum atomic E-state index is 13.1. The van der Waals surface area contributed by atoms with Crippen LogP contribution in [0.15, 0.2) is 78.0 Å². The van der Waals surface area contributed by atoms with Crippen molar-refractivity contribution < 1.29 is 23.2 Å². The summed E-state index contributed by atoms with van der Waals surface area (Å²) in [6.45, 7) is 4.70. The lowest BCUT2D eigenvalue weighted by molar-refractivity contribution is -0.124. The van der Waals surface area contributed by atoms with E-state index in [4.69, 9.17) is 9.94 Å². The second-order valence-corrected chi connectivity index (χ2v) is 10.2. The molecule has 2 N–H and O–H groups in total. The lowest BCUT2D eigenvalue weighted by atomic mass is 10.0. The molecule has 0 saturated carbocycles. The number of nitrogens with zero attached hydrogens (tertiary/aromatic N) is 2. The van der Waals surface area contributed by atoms with Gasteiger partial charge in [-0.3, -0.25) is 14.9 Å². The number of aryl methyl sites for hydroxylation is 1. The van der Waals surface area contributed by atoms with Crippen molar-refractivity contribution in [3.8, 4) is 11.1 Å². The van der Waals surface area contributed by atoms with Crippen LogP contribution in [0.3, 0.4) is 0 Å². The highest BCUT2D eigenvalue weighted by atomic mass is 32.2. The molecule has 2 aromatic carbocycles. The van der Waals surface area contributed by atoms with Gasteiger partial charge in [-0.15, -0.1) is 0 Å². The van der Waals surface area contributed by atoms with Crippen LogP contribution in [0.4, 0.5) is 0 Å². The third kappa shape index (κ3) is 6.46. The quantitative estimate of drug-likeness (QED) is 0.269. The number of hydrogen-bond acceptors (Lipinski definition) is 6. The van der Waals surface area contributed by atoms with Gasteiger partial charge in [-0.1, -0.05) is 36.4 Å². The van der Waals surface area contributed by atoms with E-state index in [1.165, 1.54) is 29.5 Å². The zero-order valence-corrected chi connectivity index (χ0v) is 20.2. The SMILES string of the molecule is O=C(/C=C/c1ccn(S(=O)(=O)c2cccc(-c3ccc(CCCN4CCOCC4)cc3)c2)c1)NO. The molecule has 0 aliphatic carbocycles. The summed E-state index contributed by atoms with van der Waals surface area (Å²) in [5, 5.41) is 8.56. The average Bonchev–Trinajstić information content (AvgIpc) is 3.38. The maximum absolute atomic E-state index is 13.1. The molecule has 1 aliphatic heterocycles. The fourth-order valence-corrected chi connectivity index (χ4v) is 5.25. The Morgan fingerprint density at radius 3 is 2.57 bits per heavy atom. The number of carbonyl (C=O) groups excluding carboxylic acids is 1. The van der Waals surface area contributed by atoms with E-state index < -0.39 is 15.9 Å². The molecule has 1 amide bonds. The van der Waals surface area contributed by atoms with Crippen molar-refractivity contribution >= 4 is 22.0 Å². The fourth-order valence-electron chi connectivity index (χ4n) is 4.00. The molecule has 4 rings (SSSR count). The summed E-state index contributed by atoms with van der Waals surface area (Å²) in [7, 11) is -3.80. The van der Waals surface area contributed by atoms with Gasteiger partial charge >= 0.3 is 0 Å². The molecule has 3 aromatic rings. The summed E-state index contributed by atoms with van der Waals surface area (Å²) in [5.74, 6) is -0.698. The van der Waals surface area contributed by atoms with Crippen LogP contribution in [0.5, 0.6) is 0 Å². The lowest BCUT2D eigenvalue weighted by Gasteiger charge is -2.26. The normalized spacial score (nSPS) is 14.9. The highest BCUT2D eigenvalue weighted by Gasteiger charge is 2.17. The Hall–Kier alpha value is -3.24. The van der Waals surface area contributed by atoms with E-state index in [-0.39, 0.29) is 4.90 Å². The van der Waals surface area contributed by atoms with Crippen LogP contribution in [0.2, 0.25) is 0 Å². The minimum Gasteiger partial charge on any atom is -0.379 e. The summed E-state index contributed by atoms with van der Waals surface area (Å²) in [6.07, 6.45) is 7.44. The van der Waals surface area contributed by atoms with E-state index in [2.05, 4.69) is 17.0 Å². The van der Waals surface area contributed by atoms with Crippen molar-refractivity contribution in [3.05, 3.63) is 84.2 Å². The van der Waals surface area contributed by atoms with Gasteiger partial charge < -0.3 is 4.74 Å². The second-order valence-electron chi connectivity index (χ2n) is 8.37. The van der Waals surface area contributed by atoms with Crippen molar-refractivity contribution in [1.82, 2.24) is 14.4 Å². The molecule has 9 heteroatoms. The molecular weight excluding hydrogens is 466 g/mol. The minimum absolute atomic E-state index is 0.170. The Bertz CT molecular complexity index is 1280. The predicted octanol–water partition coefficient (Wildman–Crippen LogP) is 3.18. The van der Waals surface area contributed by atoms with Crippen LogP contribution in [0, 0.1) is 0 Å². The van der Waals surface area contributed by atoms with Crippen LogP contribution in [0.25, 0.3) is 17.2 Å². The molecule has 0 atom stereocenters. The van der Waals surface area contributed by atoms with Crippen LogP contribution >= 0.6 is 0 Å². The third-order valence-corrected chi connectivity index (χ3v) is 7.60. The highest BCUT2D eigenvalue weighted by molar-refractivity contribution is 7.90. The van der Waals surface area contributed by atoms with Gasteiger partial charge in [0.2, 0.25) is 0 Å². The molecular formula is C26H29N3O5S. The Morgan fingerprint density at radius 2 is 1.83 bits per heavy atom. The number of hydroxylamine groups is 1. The molecule has 0 unspecified atom stereocenters. The predicted molar refractivity (Wildman–Crippen MR) is 133 cm³/mol. The number of amides is 1. The molecule has 1 fully saturated rings. The van der Waals surface area contributed by atoms with Crippen molar-refractivity contribution in [3.63, 3.8) is 0 Å². The Labute approximate surface area is 205 Å². The van der Waals surface area contributed by atoms with Crippen LogP contribution in [0.1, 0.15) is 17.5 Å². The third-order valence-electron chi connectivity index (χ3n) is 5.97. The Morgan fingerprint density at radius 1 is 1.06 bits per heavy atom. The van der Waals surface area contributed by atoms with Crippen molar-refractivity contribution in [1.29, 1.82) is 0 Å². The van der Waals surface area contributed by atoms with E-state index in [0.29, 0.717) is 5.56 Å². The highest BCUT2D eigenvalue weighted by Crippen LogP contribution is 2.25. The molecule has 1 aliphatic rings. The fraction of sp³-hybridized carbons (Fsp3) is 0.269. The first kappa shape index (κ1) is 24.9. The van der Waals surface area contributed by atoms with Gasteiger partial charge in [-0.05, 0) is 65.9 Å². The van der Waals surface area contributed by atoms with Gasteiger partial charge in [0, 0.05) is 31.6 Å². The minimum atomic E-state index is -3.80. The molecule has 1 saturated heterocycles. The summed E-state index contributed by atoms with van der Waals surface area (Å²) >= 11 is 0. The van der Waals surface area contributed by atoms with Crippen molar-refractivity contribution in [2.45, 2.75) is 17.7 Å². The summed E-state index contributed by atoms with van der Waals surface area (Å²) in [4.78, 5) is 13.7. The Balaban J connectivity index is 1.43. The first-order valence-corrected chi connectivity index (χ1v) is 12.9. The molecule has 0 radical (unpaired) electrons. The number of benzene rings is 2. The van der Waals surface area contributed by atoms with Crippen molar-refractivity contribution in [2.24, 2.45) is 0 Å². The molecule has 0 bridgehead atoms. The summed E-state index contributed by atoms with van der Waals surface area (Å²) in [5.41, 5.74) is 5.03. The zero-order valence-electron chi connectivity index (χ0n) is 19.3. The molecule has 0 spiro atoms. The van der Waals surface area contributed by atoms with Crippen LogP contribution in [-0.2, 0) is 26.0 Å². The van der Waals surface area contributed by atoms with E-state index in [1.54, 1.807) is 24.3 Å². The lowest BCUT2D eigenvalue weighted by Crippen LogP contribution is -2.36. The van der Waals surface area contributed by atoms with Gasteiger partial charge in [0.15, 0.2) is 0 Å². The van der Waals surface area contributed by atoms with Crippen LogP contribution in [-0.4, -0.2) is 61.3 Å². The van der Waals surface area contributed by atoms with Crippen LogP contribution < -0.4 is 5.48 Å². The number of hydrogen-bond donors (Lipinski definition) is 2. The standard InChI is InChI=1S/C26H29N3O5S/c30-26(27-31)11-8-22-12-14-29(20-22)35(32,33)25-5-1-4-24(19-25)23-9-6-21(7-10-23)3-2-13-28-15-17-34-18-16-28/h1,4-12,14,19-20,31H,2-3,13,15-18H2,(H,27,30)/b11-8+. The molecule has 1 aromatic heterocycles. The van der Waals surface area contributed by atoms with E-state index in [9.17, 15) is 13.2 Å². The monoisotopic (exact) mass is 495 g/mol. The first-order valence-electron chi connectivity index (χ1n) is 11.5. The first-order chi connectivity index (χ1) is 17.0. The van der Waals surface area contributed by atoms with E-state index >= 15 is 0 Å².